The normalized spacial score (nSPS) is 20.7. The highest BCUT2D eigenvalue weighted by Crippen LogP contribution is 2.39. The largest absolute Gasteiger partial charge is 0.294 e. The fraction of sp³-hybridized carbons (Fsp3) is 0.318. The molecule has 0 spiro atoms. The van der Waals surface area contributed by atoms with E-state index in [-0.39, 0.29) is 5.92 Å². The standard InChI is InChI=1S/C22H23NO/c1-2-16-8-10-18(11-9-16)20-12-19-14-23(15-21(19)22(20)24)13-17-6-4-3-5-7-17/h3-11,20H,2,12-15H2,1H3. The molecule has 0 bridgehead atoms. The van der Waals surface area contributed by atoms with Crippen molar-refractivity contribution in [3.63, 3.8) is 0 Å². The van der Waals surface area contributed by atoms with E-state index in [1.807, 2.05) is 6.07 Å². The molecule has 2 heteroatoms. The fourth-order valence-corrected chi connectivity index (χ4v) is 3.95. The molecule has 0 aromatic heterocycles. The summed E-state index contributed by atoms with van der Waals surface area (Å²) in [6.45, 7) is 4.84. The minimum atomic E-state index is 0.0554. The molecule has 2 aliphatic rings. The highest BCUT2D eigenvalue weighted by molar-refractivity contribution is 6.04. The van der Waals surface area contributed by atoms with Gasteiger partial charge < -0.3 is 0 Å². The third kappa shape index (κ3) is 2.83. The van der Waals surface area contributed by atoms with E-state index in [0.29, 0.717) is 5.78 Å². The topological polar surface area (TPSA) is 20.3 Å². The number of aryl methyl sites for hydroxylation is 1. The Bertz CT molecular complexity index is 773. The van der Waals surface area contributed by atoms with Crippen LogP contribution in [0, 0.1) is 0 Å². The molecule has 1 aliphatic heterocycles. The quantitative estimate of drug-likeness (QED) is 0.845. The van der Waals surface area contributed by atoms with E-state index in [2.05, 4.69) is 60.4 Å². The predicted octanol–water partition coefficient (Wildman–Crippen LogP) is 4.12. The highest BCUT2D eigenvalue weighted by Gasteiger charge is 2.38. The molecule has 4 rings (SSSR count). The van der Waals surface area contributed by atoms with E-state index in [0.717, 1.165) is 38.0 Å². The van der Waals surface area contributed by atoms with Crippen LogP contribution in [0.1, 0.15) is 36.0 Å². The fourth-order valence-electron chi connectivity index (χ4n) is 3.95. The van der Waals surface area contributed by atoms with Crippen molar-refractivity contribution in [3.05, 3.63) is 82.4 Å². The summed E-state index contributed by atoms with van der Waals surface area (Å²) in [5, 5.41) is 0. The number of benzene rings is 2. The van der Waals surface area contributed by atoms with Crippen LogP contribution >= 0.6 is 0 Å². The van der Waals surface area contributed by atoms with Crippen molar-refractivity contribution >= 4 is 5.78 Å². The summed E-state index contributed by atoms with van der Waals surface area (Å²) < 4.78 is 0. The molecule has 0 radical (unpaired) electrons. The van der Waals surface area contributed by atoms with Gasteiger partial charge in [-0.2, -0.15) is 0 Å². The SMILES string of the molecule is CCc1ccc(C2CC3=C(CN(Cc4ccccc4)C3)C2=O)cc1. The summed E-state index contributed by atoms with van der Waals surface area (Å²) in [4.78, 5) is 15.2. The maximum atomic E-state index is 12.9. The second-order valence-corrected chi connectivity index (χ2v) is 6.93. The molecular weight excluding hydrogens is 294 g/mol. The Hall–Kier alpha value is -2.19. The number of hydrogen-bond donors (Lipinski definition) is 0. The van der Waals surface area contributed by atoms with Crippen molar-refractivity contribution in [2.24, 2.45) is 0 Å². The summed E-state index contributed by atoms with van der Waals surface area (Å²) in [7, 11) is 0. The Labute approximate surface area is 143 Å². The first kappa shape index (κ1) is 15.3. The van der Waals surface area contributed by atoms with Crippen LogP contribution in [0.5, 0.6) is 0 Å². The highest BCUT2D eigenvalue weighted by atomic mass is 16.1. The lowest BCUT2D eigenvalue weighted by atomic mass is 9.92. The second kappa shape index (κ2) is 6.37. The van der Waals surface area contributed by atoms with E-state index < -0.39 is 0 Å². The van der Waals surface area contributed by atoms with Gasteiger partial charge in [0.2, 0.25) is 0 Å². The zero-order valence-corrected chi connectivity index (χ0v) is 14.2. The Morgan fingerprint density at radius 1 is 0.958 bits per heavy atom. The van der Waals surface area contributed by atoms with Crippen LogP contribution in [-0.4, -0.2) is 23.8 Å². The number of hydrogen-bond acceptors (Lipinski definition) is 2. The van der Waals surface area contributed by atoms with Crippen LogP contribution in [0.4, 0.5) is 0 Å². The minimum absolute atomic E-state index is 0.0554. The molecule has 1 atom stereocenters. The van der Waals surface area contributed by atoms with Gasteiger partial charge >= 0.3 is 0 Å². The predicted molar refractivity (Wildman–Crippen MR) is 96.9 cm³/mol. The molecular formula is C22H23NO. The molecule has 0 fully saturated rings. The van der Waals surface area contributed by atoms with Gasteiger partial charge in [-0.15, -0.1) is 0 Å². The molecule has 2 nitrogen and oxygen atoms in total. The van der Waals surface area contributed by atoms with Crippen LogP contribution < -0.4 is 0 Å². The molecule has 24 heavy (non-hydrogen) atoms. The summed E-state index contributed by atoms with van der Waals surface area (Å²) in [6.07, 6.45) is 1.95. The van der Waals surface area contributed by atoms with Crippen molar-refractivity contribution < 1.29 is 4.79 Å². The van der Waals surface area contributed by atoms with Gasteiger partial charge in [-0.1, -0.05) is 61.5 Å². The first-order valence-electron chi connectivity index (χ1n) is 8.85. The van der Waals surface area contributed by atoms with E-state index in [9.17, 15) is 4.79 Å². The van der Waals surface area contributed by atoms with Gasteiger partial charge in [0, 0.05) is 25.2 Å². The zero-order chi connectivity index (χ0) is 16.5. The van der Waals surface area contributed by atoms with E-state index in [1.165, 1.54) is 22.3 Å². The lowest BCUT2D eigenvalue weighted by Crippen LogP contribution is -2.25. The molecule has 1 heterocycles. The summed E-state index contributed by atoms with van der Waals surface area (Å²) in [5.41, 5.74) is 6.27. The van der Waals surface area contributed by atoms with Gasteiger partial charge in [-0.3, -0.25) is 9.69 Å². The Morgan fingerprint density at radius 3 is 2.38 bits per heavy atom. The lowest BCUT2D eigenvalue weighted by Gasteiger charge is -2.20. The molecule has 0 saturated heterocycles. The van der Waals surface area contributed by atoms with Crippen molar-refractivity contribution in [1.29, 1.82) is 0 Å². The van der Waals surface area contributed by atoms with Gasteiger partial charge in [0.05, 0.1) is 5.92 Å². The van der Waals surface area contributed by atoms with Gasteiger partial charge in [-0.25, -0.2) is 0 Å². The van der Waals surface area contributed by atoms with E-state index >= 15 is 0 Å². The number of Topliss-reactive ketones (excluding diaryl/α,β-unsaturated/α-hetero) is 1. The van der Waals surface area contributed by atoms with Gasteiger partial charge in [0.1, 0.15) is 0 Å². The molecule has 0 amide bonds. The molecule has 0 saturated carbocycles. The lowest BCUT2D eigenvalue weighted by molar-refractivity contribution is -0.116. The number of likely N-dealkylation sites (tertiary alicyclic amines) is 1. The van der Waals surface area contributed by atoms with Crippen LogP contribution in [-0.2, 0) is 17.8 Å². The average molecular weight is 317 g/mol. The number of carbonyl (C=O) groups excluding carboxylic acids is 1. The van der Waals surface area contributed by atoms with Crippen molar-refractivity contribution in [2.75, 3.05) is 13.1 Å². The number of carbonyl (C=O) groups is 1. The monoisotopic (exact) mass is 317 g/mol. The second-order valence-electron chi connectivity index (χ2n) is 6.93. The maximum Gasteiger partial charge on any atom is 0.167 e. The first-order chi connectivity index (χ1) is 11.7. The Morgan fingerprint density at radius 2 is 1.71 bits per heavy atom. The molecule has 1 unspecified atom stereocenters. The minimum Gasteiger partial charge on any atom is -0.294 e. The molecule has 0 N–H and O–H groups in total. The zero-order valence-electron chi connectivity index (χ0n) is 14.2. The van der Waals surface area contributed by atoms with Crippen molar-refractivity contribution in [3.8, 4) is 0 Å². The van der Waals surface area contributed by atoms with Crippen LogP contribution in [0.2, 0.25) is 0 Å². The summed E-state index contributed by atoms with van der Waals surface area (Å²) >= 11 is 0. The number of rotatable bonds is 4. The van der Waals surface area contributed by atoms with E-state index in [1.54, 1.807) is 0 Å². The van der Waals surface area contributed by atoms with E-state index in [4.69, 9.17) is 0 Å². The number of nitrogens with zero attached hydrogens (tertiary/aromatic N) is 1. The molecule has 122 valence electrons. The summed E-state index contributed by atoms with van der Waals surface area (Å²) in [5.74, 6) is 0.407. The molecule has 1 aliphatic carbocycles. The van der Waals surface area contributed by atoms with Gasteiger partial charge in [0.25, 0.3) is 0 Å². The third-order valence-electron chi connectivity index (χ3n) is 5.33. The van der Waals surface area contributed by atoms with Crippen LogP contribution in [0.15, 0.2) is 65.7 Å². The van der Waals surface area contributed by atoms with Gasteiger partial charge in [0.15, 0.2) is 5.78 Å². The average Bonchev–Trinajstić information content (AvgIpc) is 3.15. The maximum absolute atomic E-state index is 12.9. The molecule has 2 aromatic rings. The smallest absolute Gasteiger partial charge is 0.167 e. The Kier molecular flexibility index (Phi) is 4.07. The summed E-state index contributed by atoms with van der Waals surface area (Å²) in [6, 6.07) is 19.1. The molecule has 2 aromatic carbocycles. The van der Waals surface area contributed by atoms with Crippen LogP contribution in [0.25, 0.3) is 0 Å². The Balaban J connectivity index is 1.43. The van der Waals surface area contributed by atoms with Crippen LogP contribution in [0.3, 0.4) is 0 Å². The number of ketones is 1. The third-order valence-corrected chi connectivity index (χ3v) is 5.33. The van der Waals surface area contributed by atoms with Crippen molar-refractivity contribution in [1.82, 2.24) is 4.90 Å². The first-order valence-corrected chi connectivity index (χ1v) is 8.85. The van der Waals surface area contributed by atoms with Crippen molar-refractivity contribution in [2.45, 2.75) is 32.2 Å². The van der Waals surface area contributed by atoms with Gasteiger partial charge in [-0.05, 0) is 35.1 Å².